The molecule has 0 aliphatic heterocycles. The molecule has 0 spiro atoms. The Hall–Kier alpha value is -1.49. The van der Waals surface area contributed by atoms with Gasteiger partial charge in [-0.25, -0.2) is 4.98 Å². The van der Waals surface area contributed by atoms with Gasteiger partial charge in [0, 0.05) is 11.4 Å². The van der Waals surface area contributed by atoms with Crippen LogP contribution in [0.15, 0.2) is 29.7 Å². The molecule has 0 bridgehead atoms. The molecule has 0 atom stereocenters. The summed E-state index contributed by atoms with van der Waals surface area (Å²) in [7, 11) is 0. The number of thioether (sulfide) groups is 1. The van der Waals surface area contributed by atoms with Crippen molar-refractivity contribution in [3.63, 3.8) is 0 Å². The monoisotopic (exact) mass is 220 g/mol. The third-order valence-corrected chi connectivity index (χ3v) is 3.17. The highest BCUT2D eigenvalue weighted by Crippen LogP contribution is 2.23. The SMILES string of the molecule is Cc1c(N)cccc1CSc1ncn[nH]1. The van der Waals surface area contributed by atoms with Gasteiger partial charge in [-0.1, -0.05) is 23.9 Å². The van der Waals surface area contributed by atoms with Crippen LogP contribution in [0.1, 0.15) is 11.1 Å². The lowest BCUT2D eigenvalue weighted by molar-refractivity contribution is 0.972. The van der Waals surface area contributed by atoms with Gasteiger partial charge < -0.3 is 5.73 Å². The van der Waals surface area contributed by atoms with E-state index in [-0.39, 0.29) is 0 Å². The van der Waals surface area contributed by atoms with E-state index in [4.69, 9.17) is 5.73 Å². The van der Waals surface area contributed by atoms with Crippen LogP contribution >= 0.6 is 11.8 Å². The molecular weight excluding hydrogens is 208 g/mol. The number of anilines is 1. The molecule has 0 aliphatic carbocycles. The van der Waals surface area contributed by atoms with Crippen LogP contribution in [0.2, 0.25) is 0 Å². The quantitative estimate of drug-likeness (QED) is 0.613. The topological polar surface area (TPSA) is 67.6 Å². The maximum absolute atomic E-state index is 5.82. The van der Waals surface area contributed by atoms with Crippen molar-refractivity contribution in [3.05, 3.63) is 35.7 Å². The van der Waals surface area contributed by atoms with Gasteiger partial charge in [-0.2, -0.15) is 5.10 Å². The number of benzene rings is 1. The van der Waals surface area contributed by atoms with Crippen LogP contribution in [0.5, 0.6) is 0 Å². The van der Waals surface area contributed by atoms with Crippen LogP contribution in [-0.2, 0) is 5.75 Å². The minimum atomic E-state index is 0.830. The Kier molecular flexibility index (Phi) is 2.91. The van der Waals surface area contributed by atoms with Gasteiger partial charge in [0.2, 0.25) is 0 Å². The van der Waals surface area contributed by atoms with E-state index in [0.29, 0.717) is 0 Å². The second-order valence-corrected chi connectivity index (χ2v) is 4.17. The van der Waals surface area contributed by atoms with Crippen molar-refractivity contribution < 1.29 is 0 Å². The summed E-state index contributed by atoms with van der Waals surface area (Å²) in [6.07, 6.45) is 1.51. The molecule has 1 heterocycles. The zero-order valence-electron chi connectivity index (χ0n) is 8.40. The number of aromatic nitrogens is 3. The van der Waals surface area contributed by atoms with Crippen molar-refractivity contribution >= 4 is 17.4 Å². The number of nitrogens with zero attached hydrogens (tertiary/aromatic N) is 2. The summed E-state index contributed by atoms with van der Waals surface area (Å²) in [5.41, 5.74) is 9.04. The van der Waals surface area contributed by atoms with E-state index in [0.717, 1.165) is 22.2 Å². The number of rotatable bonds is 3. The molecular formula is C10H12N4S. The second-order valence-electron chi connectivity index (χ2n) is 3.21. The third kappa shape index (κ3) is 2.30. The van der Waals surface area contributed by atoms with E-state index < -0.39 is 0 Å². The summed E-state index contributed by atoms with van der Waals surface area (Å²) in [6, 6.07) is 5.96. The highest BCUT2D eigenvalue weighted by atomic mass is 32.2. The molecule has 2 rings (SSSR count). The summed E-state index contributed by atoms with van der Waals surface area (Å²) in [5.74, 6) is 0.853. The molecule has 4 nitrogen and oxygen atoms in total. The predicted molar refractivity (Wildman–Crippen MR) is 61.5 cm³/mol. The molecule has 1 aromatic heterocycles. The lowest BCUT2D eigenvalue weighted by atomic mass is 10.1. The zero-order chi connectivity index (χ0) is 10.7. The Morgan fingerprint density at radius 2 is 2.33 bits per heavy atom. The van der Waals surface area contributed by atoms with E-state index in [2.05, 4.69) is 21.2 Å². The van der Waals surface area contributed by atoms with Crippen molar-refractivity contribution in [1.82, 2.24) is 15.2 Å². The first kappa shape index (κ1) is 10.0. The molecule has 0 fully saturated rings. The standard InChI is InChI=1S/C10H12N4S/c1-7-8(3-2-4-9(7)11)5-15-10-12-6-13-14-10/h2-4,6H,5,11H2,1H3,(H,12,13,14). The summed E-state index contributed by atoms with van der Waals surface area (Å²) in [4.78, 5) is 4.05. The molecule has 3 N–H and O–H groups in total. The molecule has 2 aromatic rings. The fourth-order valence-corrected chi connectivity index (χ4v) is 2.11. The van der Waals surface area contributed by atoms with Crippen molar-refractivity contribution in [2.24, 2.45) is 0 Å². The van der Waals surface area contributed by atoms with Crippen molar-refractivity contribution in [1.29, 1.82) is 0 Å². The fraction of sp³-hybridized carbons (Fsp3) is 0.200. The molecule has 1 aromatic carbocycles. The van der Waals surface area contributed by atoms with Crippen LogP contribution < -0.4 is 5.73 Å². The number of aromatic amines is 1. The number of nitrogens with two attached hydrogens (primary N) is 1. The van der Waals surface area contributed by atoms with Crippen molar-refractivity contribution in [3.8, 4) is 0 Å². The molecule has 78 valence electrons. The minimum absolute atomic E-state index is 0.830. The normalized spacial score (nSPS) is 10.5. The lowest BCUT2D eigenvalue weighted by Gasteiger charge is -2.06. The number of hydrogen-bond acceptors (Lipinski definition) is 4. The summed E-state index contributed by atoms with van der Waals surface area (Å²) < 4.78 is 0. The molecule has 15 heavy (non-hydrogen) atoms. The third-order valence-electron chi connectivity index (χ3n) is 2.25. The number of hydrogen-bond donors (Lipinski definition) is 2. The summed E-state index contributed by atoms with van der Waals surface area (Å²) in [5, 5.41) is 7.44. The maximum Gasteiger partial charge on any atom is 0.183 e. The van der Waals surface area contributed by atoms with Crippen LogP contribution in [-0.4, -0.2) is 15.2 Å². The van der Waals surface area contributed by atoms with Crippen molar-refractivity contribution in [2.45, 2.75) is 17.8 Å². The van der Waals surface area contributed by atoms with E-state index in [1.165, 1.54) is 11.9 Å². The number of nitrogen functional groups attached to an aromatic ring is 1. The van der Waals surface area contributed by atoms with Gasteiger partial charge in [0.05, 0.1) is 0 Å². The molecule has 0 unspecified atom stereocenters. The lowest BCUT2D eigenvalue weighted by Crippen LogP contribution is -1.94. The molecule has 0 saturated heterocycles. The number of H-pyrrole nitrogens is 1. The van der Waals surface area contributed by atoms with Crippen molar-refractivity contribution in [2.75, 3.05) is 5.73 Å². The summed E-state index contributed by atoms with van der Waals surface area (Å²) >= 11 is 1.62. The van der Waals surface area contributed by atoms with Gasteiger partial charge >= 0.3 is 0 Å². The van der Waals surface area contributed by atoms with Gasteiger partial charge in [-0.3, -0.25) is 5.10 Å². The maximum atomic E-state index is 5.82. The first-order valence-corrected chi connectivity index (χ1v) is 5.58. The van der Waals surface area contributed by atoms with Crippen LogP contribution in [0.25, 0.3) is 0 Å². The molecule has 0 saturated carbocycles. The fourth-order valence-electron chi connectivity index (χ4n) is 1.27. The van der Waals surface area contributed by atoms with Gasteiger partial charge in [-0.05, 0) is 24.1 Å². The second kappa shape index (κ2) is 4.35. The molecule has 0 amide bonds. The molecule has 0 aliphatic rings. The van der Waals surface area contributed by atoms with Gasteiger partial charge in [-0.15, -0.1) is 0 Å². The summed E-state index contributed by atoms with van der Waals surface area (Å²) in [6.45, 7) is 2.03. The first-order valence-electron chi connectivity index (χ1n) is 4.59. The predicted octanol–water partition coefficient (Wildman–Crippen LogP) is 1.99. The Labute approximate surface area is 92.3 Å². The Balaban J connectivity index is 2.08. The molecule has 0 radical (unpaired) electrons. The minimum Gasteiger partial charge on any atom is -0.399 e. The van der Waals surface area contributed by atoms with E-state index in [1.807, 2.05) is 19.1 Å². The Morgan fingerprint density at radius 3 is 3.07 bits per heavy atom. The van der Waals surface area contributed by atoms with Crippen LogP contribution in [0.4, 0.5) is 5.69 Å². The first-order chi connectivity index (χ1) is 7.27. The van der Waals surface area contributed by atoms with Gasteiger partial charge in [0.25, 0.3) is 0 Å². The smallest absolute Gasteiger partial charge is 0.183 e. The van der Waals surface area contributed by atoms with Gasteiger partial charge in [0.15, 0.2) is 5.16 Å². The highest BCUT2D eigenvalue weighted by Gasteiger charge is 2.03. The average Bonchev–Trinajstić information content (AvgIpc) is 2.73. The Morgan fingerprint density at radius 1 is 1.47 bits per heavy atom. The van der Waals surface area contributed by atoms with E-state index in [1.54, 1.807) is 11.8 Å². The Bertz CT molecular complexity index is 439. The largest absolute Gasteiger partial charge is 0.399 e. The number of nitrogens with one attached hydrogen (secondary N) is 1. The van der Waals surface area contributed by atoms with Crippen LogP contribution in [0, 0.1) is 6.92 Å². The van der Waals surface area contributed by atoms with E-state index in [9.17, 15) is 0 Å². The highest BCUT2D eigenvalue weighted by molar-refractivity contribution is 7.98. The van der Waals surface area contributed by atoms with Gasteiger partial charge in [0.1, 0.15) is 6.33 Å². The average molecular weight is 220 g/mol. The molecule has 5 heteroatoms. The van der Waals surface area contributed by atoms with Crippen LogP contribution in [0.3, 0.4) is 0 Å². The zero-order valence-corrected chi connectivity index (χ0v) is 9.21. The van der Waals surface area contributed by atoms with E-state index >= 15 is 0 Å².